The molecule has 3 amide bonds. The quantitative estimate of drug-likeness (QED) is 0.254. The summed E-state index contributed by atoms with van der Waals surface area (Å²) in [4.78, 5) is 43.5. The minimum Gasteiger partial charge on any atom is -0.459 e. The molecule has 32 heavy (non-hydrogen) atoms. The smallest absolute Gasteiger partial charge is 0.287 e. The first kappa shape index (κ1) is 21.2. The Labute approximate surface area is 187 Å². The van der Waals surface area contributed by atoms with Crippen LogP contribution in [0.4, 0.5) is 0 Å². The first-order chi connectivity index (χ1) is 15.6. The number of nitrogens with zero attached hydrogens (tertiary/aromatic N) is 1. The van der Waals surface area contributed by atoms with Crippen molar-refractivity contribution in [2.24, 2.45) is 0 Å². The largest absolute Gasteiger partial charge is 0.459 e. The van der Waals surface area contributed by atoms with Crippen molar-refractivity contribution < 1.29 is 18.8 Å². The number of carbonyl (C=O) groups excluding carboxylic acids is 3. The molecule has 0 fully saturated rings. The van der Waals surface area contributed by atoms with Gasteiger partial charge in [-0.05, 0) is 42.0 Å². The lowest BCUT2D eigenvalue weighted by Crippen LogP contribution is -2.46. The van der Waals surface area contributed by atoms with E-state index < -0.39 is 17.7 Å². The summed E-state index contributed by atoms with van der Waals surface area (Å²) in [5.41, 5.74) is 7.90. The molecule has 10 heteroatoms. The molecule has 162 valence electrons. The lowest BCUT2D eigenvalue weighted by Gasteiger charge is -2.08. The first-order valence-corrected chi connectivity index (χ1v) is 10.6. The lowest BCUT2D eigenvalue weighted by atomic mass is 10.1. The molecule has 0 aliphatic rings. The maximum absolute atomic E-state index is 12.2. The third kappa shape index (κ3) is 5.35. The van der Waals surface area contributed by atoms with Crippen LogP contribution in [0.15, 0.2) is 76.5 Å². The highest BCUT2D eigenvalue weighted by Crippen LogP contribution is 2.23. The molecule has 4 aromatic rings. The second-order valence-electron chi connectivity index (χ2n) is 6.71. The van der Waals surface area contributed by atoms with Crippen LogP contribution in [0, 0.1) is 0 Å². The van der Waals surface area contributed by atoms with Gasteiger partial charge in [-0.1, -0.05) is 36.0 Å². The van der Waals surface area contributed by atoms with Gasteiger partial charge in [0.25, 0.3) is 17.7 Å². The molecule has 0 atom stereocenters. The number of furan rings is 1. The van der Waals surface area contributed by atoms with E-state index in [0.717, 1.165) is 21.8 Å². The highest BCUT2D eigenvalue weighted by Gasteiger charge is 2.12. The number of aromatic amines is 1. The van der Waals surface area contributed by atoms with E-state index in [1.165, 1.54) is 12.3 Å². The Balaban J connectivity index is 1.22. The van der Waals surface area contributed by atoms with E-state index in [2.05, 4.69) is 26.1 Å². The molecule has 0 saturated heterocycles. The molecule has 4 rings (SSSR count). The highest BCUT2D eigenvalue weighted by molar-refractivity contribution is 7.98. The molecule has 0 aliphatic carbocycles. The Hall–Kier alpha value is -4.05. The number of fused-ring (bicyclic) bond motifs is 1. The SMILES string of the molecule is O=C(CNC(=O)c1ccco1)NNC(=O)c1ccc(CSc2nc3ccccc3[nH]2)cc1. The molecule has 2 aromatic heterocycles. The van der Waals surface area contributed by atoms with Crippen LogP contribution < -0.4 is 16.2 Å². The van der Waals surface area contributed by atoms with E-state index in [1.807, 2.05) is 36.4 Å². The van der Waals surface area contributed by atoms with Crippen LogP contribution in [-0.2, 0) is 10.5 Å². The number of H-pyrrole nitrogens is 1. The maximum Gasteiger partial charge on any atom is 0.287 e. The van der Waals surface area contributed by atoms with Crippen molar-refractivity contribution in [1.82, 2.24) is 26.1 Å². The van der Waals surface area contributed by atoms with Gasteiger partial charge in [0.05, 0.1) is 23.8 Å². The summed E-state index contributed by atoms with van der Waals surface area (Å²) in [6.07, 6.45) is 1.36. The zero-order valence-electron chi connectivity index (χ0n) is 16.8. The van der Waals surface area contributed by atoms with Crippen LogP contribution in [0.25, 0.3) is 11.0 Å². The van der Waals surface area contributed by atoms with Crippen molar-refractivity contribution in [3.05, 3.63) is 83.8 Å². The fourth-order valence-corrected chi connectivity index (χ4v) is 3.64. The molecular formula is C22H19N5O4S. The van der Waals surface area contributed by atoms with E-state index >= 15 is 0 Å². The van der Waals surface area contributed by atoms with Gasteiger partial charge in [0, 0.05) is 11.3 Å². The fourth-order valence-electron chi connectivity index (χ4n) is 2.80. The molecule has 0 saturated carbocycles. The summed E-state index contributed by atoms with van der Waals surface area (Å²) in [5, 5.41) is 3.21. The Kier molecular flexibility index (Phi) is 6.52. The second-order valence-corrected chi connectivity index (χ2v) is 7.67. The third-order valence-corrected chi connectivity index (χ3v) is 5.37. The number of hydrazine groups is 1. The third-order valence-electron chi connectivity index (χ3n) is 4.43. The number of thioether (sulfide) groups is 1. The highest BCUT2D eigenvalue weighted by atomic mass is 32.2. The van der Waals surface area contributed by atoms with Crippen molar-refractivity contribution in [3.8, 4) is 0 Å². The van der Waals surface area contributed by atoms with E-state index in [-0.39, 0.29) is 12.3 Å². The number of benzene rings is 2. The summed E-state index contributed by atoms with van der Waals surface area (Å²) in [6, 6.07) is 17.9. The summed E-state index contributed by atoms with van der Waals surface area (Å²) >= 11 is 1.57. The molecule has 2 aromatic carbocycles. The number of imidazole rings is 1. The van der Waals surface area contributed by atoms with E-state index in [9.17, 15) is 14.4 Å². The van der Waals surface area contributed by atoms with E-state index in [4.69, 9.17) is 4.42 Å². The minimum atomic E-state index is -0.572. The molecule has 0 aliphatic heterocycles. The number of aromatic nitrogens is 2. The number of rotatable bonds is 7. The van der Waals surface area contributed by atoms with Crippen molar-refractivity contribution in [3.63, 3.8) is 0 Å². The Bertz CT molecular complexity index is 1200. The predicted molar refractivity (Wildman–Crippen MR) is 119 cm³/mol. The average Bonchev–Trinajstić information content (AvgIpc) is 3.50. The number of nitrogens with one attached hydrogen (secondary N) is 4. The molecule has 0 radical (unpaired) electrons. The number of amides is 3. The lowest BCUT2D eigenvalue weighted by molar-refractivity contribution is -0.120. The van der Waals surface area contributed by atoms with E-state index in [1.54, 1.807) is 30.0 Å². The van der Waals surface area contributed by atoms with Crippen molar-refractivity contribution in [1.29, 1.82) is 0 Å². The molecular weight excluding hydrogens is 430 g/mol. The van der Waals surface area contributed by atoms with Crippen LogP contribution >= 0.6 is 11.8 Å². The van der Waals surface area contributed by atoms with Gasteiger partial charge in [-0.3, -0.25) is 25.2 Å². The summed E-state index contributed by atoms with van der Waals surface area (Å²) in [7, 11) is 0. The zero-order valence-corrected chi connectivity index (χ0v) is 17.6. The predicted octanol–water partition coefficient (Wildman–Crippen LogP) is 2.64. The van der Waals surface area contributed by atoms with Crippen LogP contribution in [0.3, 0.4) is 0 Å². The molecule has 0 spiro atoms. The Morgan fingerprint density at radius 1 is 0.938 bits per heavy atom. The summed E-state index contributed by atoms with van der Waals surface area (Å²) < 4.78 is 4.93. The second kappa shape index (κ2) is 9.84. The molecule has 0 unspecified atom stereocenters. The normalized spacial score (nSPS) is 10.6. The topological polar surface area (TPSA) is 129 Å². The van der Waals surface area contributed by atoms with Crippen molar-refractivity contribution in [2.75, 3.05) is 6.54 Å². The number of hydrogen-bond donors (Lipinski definition) is 4. The van der Waals surface area contributed by atoms with Gasteiger partial charge in [-0.15, -0.1) is 0 Å². The number of carbonyl (C=O) groups is 3. The van der Waals surface area contributed by atoms with Crippen LogP contribution in [0.2, 0.25) is 0 Å². The van der Waals surface area contributed by atoms with Crippen molar-refractivity contribution >= 4 is 40.5 Å². The standard InChI is InChI=1S/C22H19N5O4S/c28-19(12-23-21(30)18-6-3-11-31-18)26-27-20(29)15-9-7-14(8-10-15)13-32-22-24-16-4-1-2-5-17(16)25-22/h1-11H,12-13H2,(H,23,30)(H,24,25)(H,26,28)(H,27,29). The molecule has 0 bridgehead atoms. The van der Waals surface area contributed by atoms with Gasteiger partial charge in [0.1, 0.15) is 0 Å². The molecule has 4 N–H and O–H groups in total. The monoisotopic (exact) mass is 449 g/mol. The summed E-state index contributed by atoms with van der Waals surface area (Å²) in [5.74, 6) is -0.773. The Morgan fingerprint density at radius 2 is 1.75 bits per heavy atom. The first-order valence-electron chi connectivity index (χ1n) is 9.66. The van der Waals surface area contributed by atoms with Gasteiger partial charge in [-0.2, -0.15) is 0 Å². The van der Waals surface area contributed by atoms with E-state index in [0.29, 0.717) is 11.3 Å². The van der Waals surface area contributed by atoms with Crippen molar-refractivity contribution in [2.45, 2.75) is 10.9 Å². The van der Waals surface area contributed by atoms with Gasteiger partial charge >= 0.3 is 0 Å². The van der Waals surface area contributed by atoms with Crippen LogP contribution in [0.5, 0.6) is 0 Å². The van der Waals surface area contributed by atoms with Gasteiger partial charge in [-0.25, -0.2) is 4.98 Å². The van der Waals surface area contributed by atoms with Crippen LogP contribution in [0.1, 0.15) is 26.5 Å². The zero-order chi connectivity index (χ0) is 22.3. The Morgan fingerprint density at radius 3 is 2.50 bits per heavy atom. The van der Waals surface area contributed by atoms with Crippen LogP contribution in [-0.4, -0.2) is 34.2 Å². The molecule has 2 heterocycles. The van der Waals surface area contributed by atoms with Gasteiger partial charge in [0.2, 0.25) is 0 Å². The fraction of sp³-hybridized carbons (Fsp3) is 0.0909. The summed E-state index contributed by atoms with van der Waals surface area (Å²) in [6.45, 7) is -0.308. The minimum absolute atomic E-state index is 0.0976. The van der Waals surface area contributed by atoms with Gasteiger partial charge < -0.3 is 14.7 Å². The van der Waals surface area contributed by atoms with Gasteiger partial charge in [0.15, 0.2) is 10.9 Å². The maximum atomic E-state index is 12.2. The molecule has 9 nitrogen and oxygen atoms in total. The number of para-hydroxylation sites is 2. The average molecular weight is 449 g/mol. The number of hydrogen-bond acceptors (Lipinski definition) is 6.